The van der Waals surface area contributed by atoms with E-state index >= 15 is 0 Å². The maximum absolute atomic E-state index is 12.6. The molecule has 0 fully saturated rings. The summed E-state index contributed by atoms with van der Waals surface area (Å²) < 4.78 is 37.7. The Labute approximate surface area is 101 Å². The molecule has 0 aliphatic carbocycles. The van der Waals surface area contributed by atoms with Crippen molar-refractivity contribution in [2.45, 2.75) is 12.3 Å². The molecular weight excluding hydrogens is 247 g/mol. The second kappa shape index (κ2) is 4.55. The molecule has 0 aliphatic heterocycles. The maximum Gasteiger partial charge on any atom is 0.433 e. The van der Waals surface area contributed by atoms with Crippen LogP contribution in [0.25, 0.3) is 10.9 Å². The van der Waals surface area contributed by atoms with E-state index in [1.54, 1.807) is 12.1 Å². The van der Waals surface area contributed by atoms with Crippen LogP contribution in [0.2, 0.25) is 0 Å². The third-order valence-corrected chi connectivity index (χ3v) is 2.57. The topological polar surface area (TPSA) is 53.4 Å². The molecule has 96 valence electrons. The molecule has 1 aromatic carbocycles. The minimum absolute atomic E-state index is 0.0499. The first-order valence-electron chi connectivity index (χ1n) is 5.19. The van der Waals surface area contributed by atoms with Crippen molar-refractivity contribution in [1.82, 2.24) is 4.98 Å². The highest BCUT2D eigenvalue weighted by Gasteiger charge is 2.32. The lowest BCUT2D eigenvalue weighted by Crippen LogP contribution is -2.09. The van der Waals surface area contributed by atoms with Gasteiger partial charge in [-0.1, -0.05) is 24.3 Å². The molecule has 0 aliphatic rings. The average molecular weight is 257 g/mol. The molecule has 1 atom stereocenters. The summed E-state index contributed by atoms with van der Waals surface area (Å²) in [6, 6.07) is 6.80. The minimum atomic E-state index is -4.54. The highest BCUT2D eigenvalue weighted by molar-refractivity contribution is 5.82. The fourth-order valence-electron chi connectivity index (χ4n) is 1.70. The fourth-order valence-corrected chi connectivity index (χ4v) is 1.70. The van der Waals surface area contributed by atoms with Crippen molar-refractivity contribution in [1.29, 1.82) is 0 Å². The second-order valence-electron chi connectivity index (χ2n) is 3.81. The minimum Gasteiger partial charge on any atom is -0.393 e. The van der Waals surface area contributed by atoms with E-state index in [9.17, 15) is 18.3 Å². The van der Waals surface area contributed by atoms with Crippen molar-refractivity contribution in [2.75, 3.05) is 6.61 Å². The van der Waals surface area contributed by atoms with Crippen LogP contribution in [-0.2, 0) is 6.18 Å². The van der Waals surface area contributed by atoms with Crippen LogP contribution < -0.4 is 0 Å². The molecule has 18 heavy (non-hydrogen) atoms. The first-order valence-corrected chi connectivity index (χ1v) is 5.19. The number of aliphatic hydroxyl groups is 2. The third kappa shape index (κ3) is 2.30. The van der Waals surface area contributed by atoms with E-state index in [0.717, 1.165) is 6.07 Å². The summed E-state index contributed by atoms with van der Waals surface area (Å²) in [6.07, 6.45) is -5.78. The van der Waals surface area contributed by atoms with Gasteiger partial charge in [0.1, 0.15) is 11.8 Å². The lowest BCUT2D eigenvalue weighted by Gasteiger charge is -2.12. The van der Waals surface area contributed by atoms with Crippen LogP contribution >= 0.6 is 0 Å². The van der Waals surface area contributed by atoms with Gasteiger partial charge in [0.2, 0.25) is 0 Å². The van der Waals surface area contributed by atoms with Crippen LogP contribution in [0.5, 0.6) is 0 Å². The van der Waals surface area contributed by atoms with Gasteiger partial charge in [-0.15, -0.1) is 0 Å². The predicted molar refractivity (Wildman–Crippen MR) is 58.8 cm³/mol. The lowest BCUT2D eigenvalue weighted by atomic mass is 10.0. The van der Waals surface area contributed by atoms with E-state index in [0.29, 0.717) is 5.39 Å². The Hall–Kier alpha value is -1.66. The summed E-state index contributed by atoms with van der Waals surface area (Å²) >= 11 is 0. The van der Waals surface area contributed by atoms with Crippen molar-refractivity contribution < 1.29 is 23.4 Å². The van der Waals surface area contributed by atoms with E-state index < -0.39 is 24.6 Å². The zero-order chi connectivity index (χ0) is 13.3. The van der Waals surface area contributed by atoms with Gasteiger partial charge in [0.25, 0.3) is 0 Å². The van der Waals surface area contributed by atoms with Crippen molar-refractivity contribution in [3.63, 3.8) is 0 Å². The molecule has 1 aromatic heterocycles. The highest BCUT2D eigenvalue weighted by atomic mass is 19.4. The third-order valence-electron chi connectivity index (χ3n) is 2.57. The van der Waals surface area contributed by atoms with Gasteiger partial charge in [0, 0.05) is 10.9 Å². The van der Waals surface area contributed by atoms with Crippen LogP contribution in [0.3, 0.4) is 0 Å². The quantitative estimate of drug-likeness (QED) is 0.867. The Morgan fingerprint density at radius 1 is 1.17 bits per heavy atom. The number of halogens is 3. The number of para-hydroxylation sites is 1. The number of aromatic nitrogens is 1. The Morgan fingerprint density at radius 2 is 1.89 bits per heavy atom. The second-order valence-corrected chi connectivity index (χ2v) is 3.81. The molecule has 2 N–H and O–H groups in total. The molecule has 1 heterocycles. The molecule has 0 radical (unpaired) electrons. The predicted octanol–water partition coefficient (Wildman–Crippen LogP) is 2.28. The Bertz CT molecular complexity index is 569. The van der Waals surface area contributed by atoms with Crippen molar-refractivity contribution in [2.24, 2.45) is 0 Å². The van der Waals surface area contributed by atoms with E-state index in [1.165, 1.54) is 12.1 Å². The Morgan fingerprint density at radius 3 is 2.50 bits per heavy atom. The standard InChI is InChI=1S/C12H10F3NO2/c13-12(14,15)10-5-4-7-2-1-3-8(9(18)6-17)11(7)16-10/h1-5,9,17-18H,6H2/t9-/m1/s1. The lowest BCUT2D eigenvalue weighted by molar-refractivity contribution is -0.140. The van der Waals surface area contributed by atoms with Crippen LogP contribution in [-0.4, -0.2) is 21.8 Å². The molecule has 3 nitrogen and oxygen atoms in total. The van der Waals surface area contributed by atoms with E-state index in [2.05, 4.69) is 4.98 Å². The maximum atomic E-state index is 12.6. The number of pyridine rings is 1. The van der Waals surface area contributed by atoms with Crippen LogP contribution in [0.4, 0.5) is 13.2 Å². The summed E-state index contributed by atoms with van der Waals surface area (Å²) in [5.41, 5.74) is -0.789. The summed E-state index contributed by atoms with van der Waals surface area (Å²) in [5, 5.41) is 18.9. The number of benzene rings is 1. The number of rotatable bonds is 2. The molecule has 0 unspecified atom stereocenters. The molecule has 0 spiro atoms. The molecule has 2 rings (SSSR count). The molecule has 0 saturated carbocycles. The monoisotopic (exact) mass is 257 g/mol. The highest BCUT2D eigenvalue weighted by Crippen LogP contribution is 2.30. The first-order chi connectivity index (χ1) is 8.43. The van der Waals surface area contributed by atoms with Gasteiger partial charge in [0.15, 0.2) is 0 Å². The molecule has 0 amide bonds. The van der Waals surface area contributed by atoms with Gasteiger partial charge in [-0.3, -0.25) is 0 Å². The molecule has 6 heteroatoms. The van der Waals surface area contributed by atoms with Crippen molar-refractivity contribution in [3.05, 3.63) is 41.6 Å². The molecular formula is C12H10F3NO2. The molecule has 0 saturated heterocycles. The van der Waals surface area contributed by atoms with Gasteiger partial charge in [-0.25, -0.2) is 4.98 Å². The Balaban J connectivity index is 2.66. The number of hydrogen-bond donors (Lipinski definition) is 2. The number of alkyl halides is 3. The van der Waals surface area contributed by atoms with Crippen LogP contribution in [0.15, 0.2) is 30.3 Å². The molecule has 0 bridgehead atoms. The first kappa shape index (κ1) is 12.8. The smallest absolute Gasteiger partial charge is 0.393 e. The number of aliphatic hydroxyl groups excluding tert-OH is 2. The summed E-state index contributed by atoms with van der Waals surface area (Å²) in [7, 11) is 0. The van der Waals surface area contributed by atoms with E-state index in [1.807, 2.05) is 0 Å². The van der Waals surface area contributed by atoms with Gasteiger partial charge < -0.3 is 10.2 Å². The van der Waals surface area contributed by atoms with Gasteiger partial charge >= 0.3 is 6.18 Å². The number of fused-ring (bicyclic) bond motifs is 1. The molecule has 2 aromatic rings. The fraction of sp³-hybridized carbons (Fsp3) is 0.250. The van der Waals surface area contributed by atoms with Crippen molar-refractivity contribution >= 4 is 10.9 Å². The zero-order valence-corrected chi connectivity index (χ0v) is 9.15. The summed E-state index contributed by atoms with van der Waals surface area (Å²) in [4.78, 5) is 3.52. The van der Waals surface area contributed by atoms with E-state index in [-0.39, 0.29) is 11.1 Å². The van der Waals surface area contributed by atoms with Crippen molar-refractivity contribution in [3.8, 4) is 0 Å². The SMILES string of the molecule is OC[C@@H](O)c1cccc2ccc(C(F)(F)F)nc12. The van der Waals surface area contributed by atoms with Gasteiger partial charge in [0.05, 0.1) is 12.1 Å². The zero-order valence-electron chi connectivity index (χ0n) is 9.15. The van der Waals surface area contributed by atoms with Crippen LogP contribution in [0.1, 0.15) is 17.4 Å². The van der Waals surface area contributed by atoms with Gasteiger partial charge in [-0.2, -0.15) is 13.2 Å². The summed E-state index contributed by atoms with van der Waals surface area (Å²) in [6.45, 7) is -0.572. The Kier molecular flexibility index (Phi) is 3.23. The number of hydrogen-bond acceptors (Lipinski definition) is 3. The van der Waals surface area contributed by atoms with Crippen LogP contribution in [0, 0.1) is 0 Å². The number of nitrogens with zero attached hydrogens (tertiary/aromatic N) is 1. The van der Waals surface area contributed by atoms with Gasteiger partial charge in [-0.05, 0) is 6.07 Å². The van der Waals surface area contributed by atoms with E-state index in [4.69, 9.17) is 5.11 Å². The normalized spacial score (nSPS) is 13.8. The largest absolute Gasteiger partial charge is 0.433 e. The average Bonchev–Trinajstić information content (AvgIpc) is 2.35. The summed E-state index contributed by atoms with van der Waals surface area (Å²) in [5.74, 6) is 0.